The molecule has 3 aromatic rings. The Bertz CT molecular complexity index is 865. The van der Waals surface area contributed by atoms with Crippen LogP contribution >= 0.6 is 23.7 Å². The number of ether oxygens (including phenoxy) is 1. The number of nitrogens with zero attached hydrogens (tertiary/aromatic N) is 2. The van der Waals surface area contributed by atoms with E-state index in [0.717, 1.165) is 21.5 Å². The Labute approximate surface area is 150 Å². The largest absolute Gasteiger partial charge is 0.462 e. The maximum absolute atomic E-state index is 12.1. The number of aryl methyl sites for hydroxylation is 2. The Morgan fingerprint density at radius 2 is 1.92 bits per heavy atom. The number of carbonyl (C=O) groups excluding carboxylic acids is 1. The molecule has 1 N–H and O–H groups in total. The Balaban J connectivity index is 0.00000208. The fourth-order valence-corrected chi connectivity index (χ4v) is 3.51. The van der Waals surface area contributed by atoms with Gasteiger partial charge in [-0.25, -0.2) is 14.8 Å². The van der Waals surface area contributed by atoms with Gasteiger partial charge in [0.2, 0.25) is 0 Å². The zero-order valence-electron chi connectivity index (χ0n) is 13.6. The maximum Gasteiger partial charge on any atom is 0.348 e. The van der Waals surface area contributed by atoms with Crippen LogP contribution in [0, 0.1) is 13.8 Å². The van der Waals surface area contributed by atoms with Crippen molar-refractivity contribution in [2.24, 2.45) is 0 Å². The molecule has 5 nitrogen and oxygen atoms in total. The van der Waals surface area contributed by atoms with E-state index in [1.807, 2.05) is 44.2 Å². The van der Waals surface area contributed by atoms with Gasteiger partial charge in [-0.05, 0) is 38.5 Å². The molecule has 3 rings (SSSR count). The maximum atomic E-state index is 12.1. The summed E-state index contributed by atoms with van der Waals surface area (Å²) >= 11 is 1.35. The first-order valence-electron chi connectivity index (χ1n) is 7.37. The minimum atomic E-state index is -0.309. The number of hydrogen-bond acceptors (Lipinski definition) is 6. The molecule has 0 radical (unpaired) electrons. The number of nitrogens with one attached hydrogen (secondary N) is 1. The zero-order valence-corrected chi connectivity index (χ0v) is 15.3. The van der Waals surface area contributed by atoms with Gasteiger partial charge in [-0.15, -0.1) is 23.7 Å². The fourth-order valence-electron chi connectivity index (χ4n) is 2.39. The summed E-state index contributed by atoms with van der Waals surface area (Å²) in [4.78, 5) is 22.4. The second-order valence-electron chi connectivity index (χ2n) is 5.07. The molecule has 24 heavy (non-hydrogen) atoms. The average Bonchev–Trinajstić information content (AvgIpc) is 2.85. The van der Waals surface area contributed by atoms with Gasteiger partial charge in [-0.3, -0.25) is 0 Å². The van der Waals surface area contributed by atoms with Crippen LogP contribution in [0.4, 0.5) is 11.5 Å². The molecule has 0 fully saturated rings. The number of fused-ring (bicyclic) bond motifs is 1. The van der Waals surface area contributed by atoms with Crippen molar-refractivity contribution < 1.29 is 9.53 Å². The molecule has 2 heterocycles. The van der Waals surface area contributed by atoms with Crippen LogP contribution in [-0.2, 0) is 4.74 Å². The second-order valence-corrected chi connectivity index (χ2v) is 6.07. The Morgan fingerprint density at radius 1 is 1.21 bits per heavy atom. The number of esters is 1. The van der Waals surface area contributed by atoms with Crippen LogP contribution in [0.1, 0.15) is 28.0 Å². The third-order valence-corrected chi connectivity index (χ3v) is 4.57. The third-order valence-electron chi connectivity index (χ3n) is 3.40. The molecule has 0 unspecified atom stereocenters. The van der Waals surface area contributed by atoms with Gasteiger partial charge in [0.15, 0.2) is 0 Å². The molecule has 1 aromatic carbocycles. The van der Waals surface area contributed by atoms with E-state index in [4.69, 9.17) is 4.74 Å². The number of thiophene rings is 1. The van der Waals surface area contributed by atoms with Crippen LogP contribution in [0.25, 0.3) is 10.2 Å². The number of rotatable bonds is 4. The summed E-state index contributed by atoms with van der Waals surface area (Å²) in [6.45, 7) is 5.90. The number of hydrogen-bond donors (Lipinski definition) is 1. The van der Waals surface area contributed by atoms with Crippen molar-refractivity contribution in [3.05, 3.63) is 46.6 Å². The Kier molecular flexibility index (Phi) is 5.75. The van der Waals surface area contributed by atoms with Gasteiger partial charge in [-0.2, -0.15) is 0 Å². The quantitative estimate of drug-likeness (QED) is 0.683. The van der Waals surface area contributed by atoms with Crippen LogP contribution in [0.2, 0.25) is 0 Å². The van der Waals surface area contributed by atoms with Gasteiger partial charge < -0.3 is 10.1 Å². The first-order chi connectivity index (χ1) is 11.1. The van der Waals surface area contributed by atoms with Crippen LogP contribution in [0.5, 0.6) is 0 Å². The molecule has 0 amide bonds. The molecule has 7 heteroatoms. The van der Waals surface area contributed by atoms with Crippen LogP contribution in [-0.4, -0.2) is 22.5 Å². The van der Waals surface area contributed by atoms with Crippen LogP contribution < -0.4 is 5.32 Å². The summed E-state index contributed by atoms with van der Waals surface area (Å²) in [7, 11) is 0. The SMILES string of the molecule is CCOC(=O)c1sc2nc(C)nc(Nc3ccccc3)c2c1C.Cl. The van der Waals surface area contributed by atoms with E-state index in [0.29, 0.717) is 23.1 Å². The van der Waals surface area contributed by atoms with Gasteiger partial charge in [0.05, 0.1) is 12.0 Å². The summed E-state index contributed by atoms with van der Waals surface area (Å²) in [6, 6.07) is 9.81. The monoisotopic (exact) mass is 363 g/mol. The lowest BCUT2D eigenvalue weighted by Gasteiger charge is -2.08. The van der Waals surface area contributed by atoms with E-state index in [-0.39, 0.29) is 18.4 Å². The van der Waals surface area contributed by atoms with E-state index in [2.05, 4.69) is 15.3 Å². The molecule has 0 aliphatic heterocycles. The zero-order chi connectivity index (χ0) is 16.4. The van der Waals surface area contributed by atoms with Crippen LogP contribution in [0.3, 0.4) is 0 Å². The summed E-state index contributed by atoms with van der Waals surface area (Å²) in [5.41, 5.74) is 1.79. The number of benzene rings is 1. The second kappa shape index (κ2) is 7.59. The Hall–Kier alpha value is -2.18. The molecule has 126 valence electrons. The average molecular weight is 364 g/mol. The van der Waals surface area contributed by atoms with Crippen molar-refractivity contribution in [2.45, 2.75) is 20.8 Å². The highest BCUT2D eigenvalue weighted by molar-refractivity contribution is 7.20. The summed E-state index contributed by atoms with van der Waals surface area (Å²) in [5, 5.41) is 4.18. The molecule has 2 aromatic heterocycles. The van der Waals surface area contributed by atoms with Gasteiger partial charge in [0.1, 0.15) is 21.3 Å². The first-order valence-corrected chi connectivity index (χ1v) is 8.18. The molecule has 0 atom stereocenters. The predicted molar refractivity (Wildman–Crippen MR) is 99.8 cm³/mol. The summed E-state index contributed by atoms with van der Waals surface area (Å²) in [5.74, 6) is 1.06. The van der Waals surface area contributed by atoms with E-state index in [1.165, 1.54) is 11.3 Å². The molecular weight excluding hydrogens is 346 g/mol. The molecule has 0 saturated heterocycles. The lowest BCUT2D eigenvalue weighted by atomic mass is 10.2. The lowest BCUT2D eigenvalue weighted by Crippen LogP contribution is -2.03. The fraction of sp³-hybridized carbons (Fsp3) is 0.235. The number of para-hydroxylation sites is 1. The third kappa shape index (κ3) is 3.49. The number of anilines is 2. The van der Waals surface area contributed by atoms with Gasteiger partial charge >= 0.3 is 5.97 Å². The van der Waals surface area contributed by atoms with E-state index in [1.54, 1.807) is 6.92 Å². The molecule has 0 aliphatic rings. The van der Waals surface area contributed by atoms with Gasteiger partial charge in [0.25, 0.3) is 0 Å². The standard InChI is InChI=1S/C17H17N3O2S.ClH/c1-4-22-17(21)14-10(2)13-15(18-11(3)19-16(13)23-14)20-12-8-6-5-7-9-12;/h5-9H,4H2,1-3H3,(H,18,19,20);1H. The number of aromatic nitrogens is 2. The van der Waals surface area contributed by atoms with Crippen molar-refractivity contribution in [1.82, 2.24) is 9.97 Å². The van der Waals surface area contributed by atoms with Gasteiger partial charge in [-0.1, -0.05) is 18.2 Å². The summed E-state index contributed by atoms with van der Waals surface area (Å²) < 4.78 is 5.13. The minimum Gasteiger partial charge on any atom is -0.462 e. The van der Waals surface area contributed by atoms with E-state index in [9.17, 15) is 4.79 Å². The highest BCUT2D eigenvalue weighted by Gasteiger charge is 2.20. The Morgan fingerprint density at radius 3 is 2.58 bits per heavy atom. The van der Waals surface area contributed by atoms with Crippen molar-refractivity contribution in [3.63, 3.8) is 0 Å². The van der Waals surface area contributed by atoms with E-state index >= 15 is 0 Å². The molecular formula is C17H18ClN3O2S. The van der Waals surface area contributed by atoms with Crippen molar-refractivity contribution in [2.75, 3.05) is 11.9 Å². The van der Waals surface area contributed by atoms with Crippen molar-refractivity contribution in [1.29, 1.82) is 0 Å². The lowest BCUT2D eigenvalue weighted by molar-refractivity contribution is 0.0531. The van der Waals surface area contributed by atoms with Gasteiger partial charge in [0, 0.05) is 5.69 Å². The molecule has 0 spiro atoms. The molecule has 0 saturated carbocycles. The number of halogens is 1. The smallest absolute Gasteiger partial charge is 0.348 e. The summed E-state index contributed by atoms with van der Waals surface area (Å²) in [6.07, 6.45) is 0. The van der Waals surface area contributed by atoms with Crippen molar-refractivity contribution >= 4 is 51.4 Å². The van der Waals surface area contributed by atoms with E-state index < -0.39 is 0 Å². The minimum absolute atomic E-state index is 0. The predicted octanol–water partition coefficient (Wildman–Crippen LogP) is 4.65. The normalized spacial score (nSPS) is 10.3. The molecule has 0 aliphatic carbocycles. The topological polar surface area (TPSA) is 64.1 Å². The number of carbonyl (C=O) groups is 1. The van der Waals surface area contributed by atoms with Crippen molar-refractivity contribution in [3.8, 4) is 0 Å². The highest BCUT2D eigenvalue weighted by Crippen LogP contribution is 2.35. The van der Waals surface area contributed by atoms with Crippen LogP contribution in [0.15, 0.2) is 30.3 Å². The first kappa shape index (κ1) is 18.2. The molecule has 0 bridgehead atoms. The highest BCUT2D eigenvalue weighted by atomic mass is 35.5.